The Morgan fingerprint density at radius 2 is 1.58 bits per heavy atom. The first-order chi connectivity index (χ1) is 16.2. The fourth-order valence-electron chi connectivity index (χ4n) is 4.96. The molecule has 0 saturated heterocycles. The maximum Gasteiger partial charge on any atom is 0.159 e. The predicted octanol–water partition coefficient (Wildman–Crippen LogP) is 8.07. The molecule has 1 aromatic heterocycles. The van der Waals surface area contributed by atoms with E-state index in [1.54, 1.807) is 18.5 Å². The zero-order chi connectivity index (χ0) is 23.0. The van der Waals surface area contributed by atoms with Gasteiger partial charge in [0.1, 0.15) is 11.9 Å². The van der Waals surface area contributed by atoms with Gasteiger partial charge in [-0.1, -0.05) is 63.3 Å². The molecule has 33 heavy (non-hydrogen) atoms. The minimum atomic E-state index is -0.552. The lowest BCUT2D eigenvalue weighted by atomic mass is 9.77. The van der Waals surface area contributed by atoms with E-state index in [1.165, 1.54) is 75.5 Å². The third-order valence-electron chi connectivity index (χ3n) is 7.03. The lowest BCUT2D eigenvalue weighted by Gasteiger charge is -2.29. The molecule has 0 atom stereocenters. The molecular weight excluding hydrogens is 409 g/mol. The summed E-state index contributed by atoms with van der Waals surface area (Å²) in [7, 11) is 0. The van der Waals surface area contributed by atoms with Crippen LogP contribution in [-0.4, -0.2) is 9.97 Å². The number of halogens is 1. The van der Waals surface area contributed by atoms with Crippen molar-refractivity contribution in [3.05, 3.63) is 71.8 Å². The maximum absolute atomic E-state index is 13.9. The summed E-state index contributed by atoms with van der Waals surface area (Å²) < 4.78 is 13.9. The molecule has 1 fully saturated rings. The van der Waals surface area contributed by atoms with Gasteiger partial charge in [-0.2, -0.15) is 5.26 Å². The molecule has 1 saturated carbocycles. The van der Waals surface area contributed by atoms with E-state index in [4.69, 9.17) is 5.26 Å². The van der Waals surface area contributed by atoms with Crippen LogP contribution in [0.5, 0.6) is 0 Å². The molecule has 1 heterocycles. The highest BCUT2D eigenvalue weighted by Gasteiger charge is 2.22. The van der Waals surface area contributed by atoms with Crippen molar-refractivity contribution in [2.75, 3.05) is 0 Å². The number of unbranched alkanes of at least 4 members (excludes halogenated alkanes) is 3. The molecule has 2 aromatic carbocycles. The van der Waals surface area contributed by atoms with Crippen LogP contribution in [0.1, 0.15) is 81.8 Å². The highest BCUT2D eigenvalue weighted by Crippen LogP contribution is 2.38. The third-order valence-corrected chi connectivity index (χ3v) is 7.03. The summed E-state index contributed by atoms with van der Waals surface area (Å²) in [6, 6.07) is 15.1. The number of hydrogen-bond acceptors (Lipinski definition) is 3. The van der Waals surface area contributed by atoms with Crippen LogP contribution in [0.25, 0.3) is 22.5 Å². The van der Waals surface area contributed by atoms with Crippen LogP contribution in [0.15, 0.2) is 54.9 Å². The first-order valence-corrected chi connectivity index (χ1v) is 12.3. The molecule has 4 heteroatoms. The maximum atomic E-state index is 13.9. The summed E-state index contributed by atoms with van der Waals surface area (Å²) in [5.74, 6) is 1.50. The normalized spacial score (nSPS) is 18.1. The quantitative estimate of drug-likeness (QED) is 0.332. The summed E-state index contributed by atoms with van der Waals surface area (Å²) in [6.45, 7) is 2.28. The van der Waals surface area contributed by atoms with Gasteiger partial charge in [0.25, 0.3) is 0 Å². The summed E-state index contributed by atoms with van der Waals surface area (Å²) in [5.41, 5.74) is 4.05. The Hall–Kier alpha value is -3.06. The molecule has 3 nitrogen and oxygen atoms in total. The fraction of sp³-hybridized carbons (Fsp3) is 0.414. The van der Waals surface area contributed by atoms with Crippen molar-refractivity contribution < 1.29 is 4.39 Å². The Morgan fingerprint density at radius 1 is 0.879 bits per heavy atom. The minimum Gasteiger partial charge on any atom is -0.236 e. The van der Waals surface area contributed by atoms with Crippen molar-refractivity contribution in [1.29, 1.82) is 5.26 Å². The van der Waals surface area contributed by atoms with Crippen LogP contribution >= 0.6 is 0 Å². The minimum absolute atomic E-state index is 0.0240. The second kappa shape index (κ2) is 11.2. The summed E-state index contributed by atoms with van der Waals surface area (Å²) in [6.07, 6.45) is 15.8. The monoisotopic (exact) mass is 441 g/mol. The van der Waals surface area contributed by atoms with Crippen LogP contribution in [-0.2, 0) is 0 Å². The van der Waals surface area contributed by atoms with Gasteiger partial charge in [-0.05, 0) is 66.8 Å². The number of rotatable bonds is 8. The molecule has 0 aliphatic heterocycles. The number of hydrogen-bond donors (Lipinski definition) is 0. The van der Waals surface area contributed by atoms with E-state index in [0.717, 1.165) is 17.0 Å². The van der Waals surface area contributed by atoms with Gasteiger partial charge in [0.2, 0.25) is 0 Å². The van der Waals surface area contributed by atoms with Gasteiger partial charge in [-0.3, -0.25) is 0 Å². The molecular formula is C29H32FN3. The van der Waals surface area contributed by atoms with Crippen molar-refractivity contribution >= 4 is 0 Å². The van der Waals surface area contributed by atoms with Crippen LogP contribution in [0.3, 0.4) is 0 Å². The molecule has 0 N–H and O–H groups in total. The number of nitriles is 1. The van der Waals surface area contributed by atoms with E-state index < -0.39 is 5.82 Å². The molecule has 170 valence electrons. The van der Waals surface area contributed by atoms with Gasteiger partial charge in [-0.25, -0.2) is 14.4 Å². The second-order valence-corrected chi connectivity index (χ2v) is 9.29. The number of aromatic nitrogens is 2. The predicted molar refractivity (Wildman–Crippen MR) is 131 cm³/mol. The smallest absolute Gasteiger partial charge is 0.159 e. The Kier molecular flexibility index (Phi) is 7.83. The molecule has 3 aromatic rings. The van der Waals surface area contributed by atoms with E-state index in [1.807, 2.05) is 6.07 Å². The standard InChI is InChI=1S/C29H32FN3/c1-2-3-4-5-6-21-7-9-22(10-8-21)23-11-13-24(14-12-23)27-19-32-29(33-20-27)25-15-16-26(18-31)28(30)17-25/h11-17,19-22H,2-10H2,1H3/t21-,22-. The van der Waals surface area contributed by atoms with Crippen molar-refractivity contribution in [1.82, 2.24) is 9.97 Å². The van der Waals surface area contributed by atoms with Crippen LogP contribution in [0.2, 0.25) is 0 Å². The van der Waals surface area contributed by atoms with Crippen LogP contribution < -0.4 is 0 Å². The number of benzene rings is 2. The molecule has 1 aliphatic rings. The van der Waals surface area contributed by atoms with Crippen LogP contribution in [0, 0.1) is 23.1 Å². The third kappa shape index (κ3) is 5.85. The average molecular weight is 442 g/mol. The van der Waals surface area contributed by atoms with Gasteiger partial charge in [0.15, 0.2) is 5.82 Å². The Morgan fingerprint density at radius 3 is 2.21 bits per heavy atom. The second-order valence-electron chi connectivity index (χ2n) is 9.29. The van der Waals surface area contributed by atoms with E-state index in [0.29, 0.717) is 17.3 Å². The highest BCUT2D eigenvalue weighted by atomic mass is 19.1. The Bertz CT molecular complexity index is 1080. The van der Waals surface area contributed by atoms with E-state index >= 15 is 0 Å². The van der Waals surface area contributed by atoms with Crippen LogP contribution in [0.4, 0.5) is 4.39 Å². The largest absolute Gasteiger partial charge is 0.236 e. The molecule has 1 aliphatic carbocycles. The van der Waals surface area contributed by atoms with Crippen molar-refractivity contribution in [3.63, 3.8) is 0 Å². The molecule has 0 bridgehead atoms. The zero-order valence-electron chi connectivity index (χ0n) is 19.4. The first-order valence-electron chi connectivity index (χ1n) is 12.3. The SMILES string of the molecule is CCCCCC[C@H]1CC[C@H](c2ccc(-c3cnc(-c4ccc(C#N)c(F)c4)nc3)cc2)CC1. The summed E-state index contributed by atoms with van der Waals surface area (Å²) in [4.78, 5) is 8.84. The van der Waals surface area contributed by atoms with E-state index in [9.17, 15) is 4.39 Å². The number of nitrogens with zero attached hydrogens (tertiary/aromatic N) is 3. The Labute approximate surface area is 196 Å². The molecule has 0 unspecified atom stereocenters. The lowest BCUT2D eigenvalue weighted by Crippen LogP contribution is -2.13. The molecule has 4 rings (SSSR count). The van der Waals surface area contributed by atoms with E-state index in [2.05, 4.69) is 41.2 Å². The summed E-state index contributed by atoms with van der Waals surface area (Å²) in [5, 5.41) is 8.88. The first kappa shape index (κ1) is 23.1. The van der Waals surface area contributed by atoms with Crippen molar-refractivity contribution in [3.8, 4) is 28.6 Å². The van der Waals surface area contributed by atoms with Gasteiger partial charge in [0, 0.05) is 23.5 Å². The van der Waals surface area contributed by atoms with E-state index in [-0.39, 0.29) is 5.56 Å². The van der Waals surface area contributed by atoms with Gasteiger partial charge in [-0.15, -0.1) is 0 Å². The van der Waals surface area contributed by atoms with Gasteiger partial charge in [0.05, 0.1) is 5.56 Å². The van der Waals surface area contributed by atoms with Gasteiger partial charge >= 0.3 is 0 Å². The summed E-state index contributed by atoms with van der Waals surface area (Å²) >= 11 is 0. The van der Waals surface area contributed by atoms with Crippen molar-refractivity contribution in [2.45, 2.75) is 70.6 Å². The Balaban J connectivity index is 1.35. The van der Waals surface area contributed by atoms with Gasteiger partial charge < -0.3 is 0 Å². The molecule has 0 radical (unpaired) electrons. The lowest BCUT2D eigenvalue weighted by molar-refractivity contribution is 0.302. The highest BCUT2D eigenvalue weighted by molar-refractivity contribution is 5.64. The average Bonchev–Trinajstić information content (AvgIpc) is 2.87. The molecule has 0 spiro atoms. The molecule has 0 amide bonds. The van der Waals surface area contributed by atoms with Crippen molar-refractivity contribution in [2.24, 2.45) is 5.92 Å². The zero-order valence-corrected chi connectivity index (χ0v) is 19.4. The fourth-order valence-corrected chi connectivity index (χ4v) is 4.96. The topological polar surface area (TPSA) is 49.6 Å².